The molecule has 0 saturated carbocycles. The van der Waals surface area contributed by atoms with Crippen LogP contribution in [0.2, 0.25) is 0 Å². The van der Waals surface area contributed by atoms with E-state index < -0.39 is 24.4 Å². The van der Waals surface area contributed by atoms with Crippen molar-refractivity contribution in [3.63, 3.8) is 0 Å². The van der Waals surface area contributed by atoms with E-state index in [0.717, 1.165) is 18.2 Å². The Morgan fingerprint density at radius 1 is 1.14 bits per heavy atom. The fourth-order valence-corrected chi connectivity index (χ4v) is 2.12. The number of ether oxygens (including phenoxy) is 1. The van der Waals surface area contributed by atoms with Gasteiger partial charge < -0.3 is 15.4 Å². The highest BCUT2D eigenvalue weighted by Gasteiger charge is 2.28. The van der Waals surface area contributed by atoms with Gasteiger partial charge in [-0.05, 0) is 30.7 Å². The Bertz CT molecular complexity index is 800. The number of aliphatic imine (C=N–C) groups is 1. The SMILES string of the molecule is CCNC(=NCc1ccc(OCC(F)(F)F)nc1)NCc1cc(F)ccc1F.I. The lowest BCUT2D eigenvalue weighted by molar-refractivity contribution is -0.154. The van der Waals surface area contributed by atoms with E-state index in [1.807, 2.05) is 6.92 Å². The Kier molecular flexibility index (Phi) is 10.1. The number of halogens is 6. The number of guanidine groups is 1. The van der Waals surface area contributed by atoms with Gasteiger partial charge in [-0.1, -0.05) is 6.07 Å². The molecule has 0 spiro atoms. The molecule has 0 unspecified atom stereocenters. The second kappa shape index (κ2) is 11.7. The molecule has 0 aliphatic carbocycles. The maximum atomic E-state index is 13.7. The van der Waals surface area contributed by atoms with Crippen LogP contribution in [0, 0.1) is 11.6 Å². The van der Waals surface area contributed by atoms with Gasteiger partial charge in [-0.25, -0.2) is 18.8 Å². The quantitative estimate of drug-likeness (QED) is 0.244. The van der Waals surface area contributed by atoms with Crippen molar-refractivity contribution in [2.24, 2.45) is 4.99 Å². The predicted octanol–water partition coefficient (Wildman–Crippen LogP) is 4.17. The molecular formula is C18H20F5IN4O. The number of hydrogen-bond acceptors (Lipinski definition) is 3. The second-order valence-corrected chi connectivity index (χ2v) is 5.69. The molecule has 0 aliphatic heterocycles. The minimum atomic E-state index is -4.43. The van der Waals surface area contributed by atoms with Gasteiger partial charge in [-0.3, -0.25) is 0 Å². The summed E-state index contributed by atoms with van der Waals surface area (Å²) in [5.41, 5.74) is 0.784. The van der Waals surface area contributed by atoms with Gasteiger partial charge >= 0.3 is 6.18 Å². The van der Waals surface area contributed by atoms with E-state index in [1.54, 1.807) is 0 Å². The summed E-state index contributed by atoms with van der Waals surface area (Å²) in [6.07, 6.45) is -3.08. The van der Waals surface area contributed by atoms with Crippen molar-refractivity contribution in [1.29, 1.82) is 0 Å². The van der Waals surface area contributed by atoms with Gasteiger partial charge in [0.25, 0.3) is 0 Å². The summed E-state index contributed by atoms with van der Waals surface area (Å²) in [4.78, 5) is 8.08. The van der Waals surface area contributed by atoms with E-state index in [9.17, 15) is 22.0 Å². The van der Waals surface area contributed by atoms with Crippen LogP contribution in [0.3, 0.4) is 0 Å². The normalized spacial score (nSPS) is 11.6. The van der Waals surface area contributed by atoms with Crippen LogP contribution in [-0.2, 0) is 13.1 Å². The summed E-state index contributed by atoms with van der Waals surface area (Å²) in [7, 11) is 0. The van der Waals surface area contributed by atoms with E-state index >= 15 is 0 Å². The molecule has 2 aromatic rings. The fraction of sp³-hybridized carbons (Fsp3) is 0.333. The van der Waals surface area contributed by atoms with Crippen LogP contribution in [0.4, 0.5) is 22.0 Å². The first-order valence-electron chi connectivity index (χ1n) is 8.37. The van der Waals surface area contributed by atoms with Crippen LogP contribution >= 0.6 is 24.0 Å². The molecule has 0 radical (unpaired) electrons. The number of nitrogens with one attached hydrogen (secondary N) is 2. The molecule has 0 atom stereocenters. The summed E-state index contributed by atoms with van der Waals surface area (Å²) in [6.45, 7) is 1.17. The molecule has 0 amide bonds. The highest BCUT2D eigenvalue weighted by molar-refractivity contribution is 14.0. The van der Waals surface area contributed by atoms with Crippen LogP contribution in [0.1, 0.15) is 18.1 Å². The summed E-state index contributed by atoms with van der Waals surface area (Å²) >= 11 is 0. The van der Waals surface area contributed by atoms with E-state index in [-0.39, 0.29) is 48.5 Å². The molecule has 1 aromatic heterocycles. The first kappa shape index (κ1) is 24.9. The number of benzene rings is 1. The van der Waals surface area contributed by atoms with Crippen LogP contribution in [0.25, 0.3) is 0 Å². The van der Waals surface area contributed by atoms with E-state index in [0.29, 0.717) is 18.1 Å². The molecule has 29 heavy (non-hydrogen) atoms. The lowest BCUT2D eigenvalue weighted by Crippen LogP contribution is -2.37. The number of nitrogens with zero attached hydrogens (tertiary/aromatic N) is 2. The number of rotatable bonds is 7. The number of hydrogen-bond donors (Lipinski definition) is 2. The third-order valence-corrected chi connectivity index (χ3v) is 3.40. The highest BCUT2D eigenvalue weighted by Crippen LogP contribution is 2.17. The predicted molar refractivity (Wildman–Crippen MR) is 109 cm³/mol. The summed E-state index contributed by atoms with van der Waals surface area (Å²) in [5.74, 6) is -0.859. The van der Waals surface area contributed by atoms with Gasteiger partial charge in [0.1, 0.15) is 11.6 Å². The van der Waals surface area contributed by atoms with Gasteiger partial charge in [0.05, 0.1) is 6.54 Å². The topological polar surface area (TPSA) is 58.5 Å². The van der Waals surface area contributed by atoms with Gasteiger partial charge in [-0.2, -0.15) is 13.2 Å². The van der Waals surface area contributed by atoms with Gasteiger partial charge in [0, 0.05) is 30.9 Å². The standard InChI is InChI=1S/C18H19F5N4O.HI/c1-2-24-17(27-10-13-7-14(19)4-5-15(13)20)26-9-12-3-6-16(25-8-12)28-11-18(21,22)23;/h3-8H,2,9-11H2,1H3,(H2,24,26,27);1H. The Hall–Kier alpha value is -2.18. The number of pyridine rings is 1. The van der Waals surface area contributed by atoms with Crippen molar-refractivity contribution in [2.75, 3.05) is 13.2 Å². The minimum absolute atomic E-state index is 0. The molecule has 0 aliphatic rings. The van der Waals surface area contributed by atoms with Crippen LogP contribution < -0.4 is 15.4 Å². The lowest BCUT2D eigenvalue weighted by Gasteiger charge is -2.12. The van der Waals surface area contributed by atoms with Gasteiger partial charge in [-0.15, -0.1) is 24.0 Å². The molecule has 5 nitrogen and oxygen atoms in total. The first-order chi connectivity index (χ1) is 13.3. The summed E-state index contributed by atoms with van der Waals surface area (Å²) in [5, 5.41) is 5.84. The molecule has 2 N–H and O–H groups in total. The average molecular weight is 530 g/mol. The van der Waals surface area contributed by atoms with Gasteiger partial charge in [0.15, 0.2) is 12.6 Å². The highest BCUT2D eigenvalue weighted by atomic mass is 127. The third kappa shape index (κ3) is 9.24. The molecule has 11 heteroatoms. The Labute approximate surface area is 181 Å². The monoisotopic (exact) mass is 530 g/mol. The fourth-order valence-electron chi connectivity index (χ4n) is 2.12. The zero-order valence-electron chi connectivity index (χ0n) is 15.4. The molecule has 0 fully saturated rings. The maximum absolute atomic E-state index is 13.7. The Morgan fingerprint density at radius 3 is 2.52 bits per heavy atom. The summed E-state index contributed by atoms with van der Waals surface area (Å²) < 4.78 is 67.8. The van der Waals surface area contributed by atoms with Crippen molar-refractivity contribution >= 4 is 29.9 Å². The molecule has 2 rings (SSSR count). The van der Waals surface area contributed by atoms with Crippen LogP contribution in [-0.4, -0.2) is 30.3 Å². The van der Waals surface area contributed by atoms with Gasteiger partial charge in [0.2, 0.25) is 5.88 Å². The van der Waals surface area contributed by atoms with Crippen LogP contribution in [0.15, 0.2) is 41.5 Å². The Balaban J connectivity index is 0.00000420. The second-order valence-electron chi connectivity index (χ2n) is 5.69. The zero-order valence-corrected chi connectivity index (χ0v) is 17.7. The smallest absolute Gasteiger partial charge is 0.422 e. The van der Waals surface area contributed by atoms with Crippen molar-refractivity contribution < 1.29 is 26.7 Å². The molecule has 1 heterocycles. The molecule has 0 saturated heterocycles. The third-order valence-electron chi connectivity index (χ3n) is 3.40. The molecule has 160 valence electrons. The van der Waals surface area contributed by atoms with Crippen molar-refractivity contribution in [3.05, 3.63) is 59.3 Å². The van der Waals surface area contributed by atoms with E-state index in [4.69, 9.17) is 0 Å². The van der Waals surface area contributed by atoms with E-state index in [2.05, 4.69) is 25.3 Å². The van der Waals surface area contributed by atoms with Crippen molar-refractivity contribution in [3.8, 4) is 5.88 Å². The van der Waals surface area contributed by atoms with Crippen LogP contribution in [0.5, 0.6) is 5.88 Å². The average Bonchev–Trinajstić information content (AvgIpc) is 2.65. The first-order valence-corrected chi connectivity index (χ1v) is 8.37. The van der Waals surface area contributed by atoms with E-state index in [1.165, 1.54) is 18.3 Å². The zero-order chi connectivity index (χ0) is 20.6. The number of aromatic nitrogens is 1. The van der Waals surface area contributed by atoms with Crippen molar-refractivity contribution in [2.45, 2.75) is 26.2 Å². The maximum Gasteiger partial charge on any atom is 0.422 e. The van der Waals surface area contributed by atoms with Crippen molar-refractivity contribution in [1.82, 2.24) is 15.6 Å². The molecule has 0 bridgehead atoms. The lowest BCUT2D eigenvalue weighted by atomic mass is 10.2. The minimum Gasteiger partial charge on any atom is -0.468 e. The number of alkyl halides is 3. The molecule has 1 aromatic carbocycles. The molecular weight excluding hydrogens is 510 g/mol. The summed E-state index contributed by atoms with van der Waals surface area (Å²) in [6, 6.07) is 6.03. The Morgan fingerprint density at radius 2 is 1.90 bits per heavy atom. The largest absolute Gasteiger partial charge is 0.468 e.